The number of carbonyl (C=O) groups excluding carboxylic acids is 3. The molecule has 2 saturated heterocycles. The van der Waals surface area contributed by atoms with Crippen LogP contribution in [0.2, 0.25) is 0 Å². The summed E-state index contributed by atoms with van der Waals surface area (Å²) >= 11 is 0. The second-order valence-corrected chi connectivity index (χ2v) is 8.35. The lowest BCUT2D eigenvalue weighted by atomic mass is 9.79. The van der Waals surface area contributed by atoms with Gasteiger partial charge in [-0.3, -0.25) is 4.79 Å². The number of rotatable bonds is 3. The van der Waals surface area contributed by atoms with Crippen molar-refractivity contribution in [1.29, 1.82) is 0 Å². The number of hydrogen-bond donors (Lipinski definition) is 1. The van der Waals surface area contributed by atoms with Crippen molar-refractivity contribution in [1.82, 2.24) is 0 Å². The molecule has 1 aliphatic carbocycles. The Hall–Kier alpha value is -2.45. The molecule has 6 atom stereocenters. The third-order valence-corrected chi connectivity index (χ3v) is 6.07. The molecule has 1 N–H and O–H groups in total. The zero-order chi connectivity index (χ0) is 22.4. The van der Waals surface area contributed by atoms with Gasteiger partial charge in [0.25, 0.3) is 0 Å². The molecule has 0 spiro atoms. The second kappa shape index (κ2) is 7.67. The van der Waals surface area contributed by atoms with Crippen LogP contribution in [0, 0.1) is 0 Å². The molecule has 2 heterocycles. The first-order valence-corrected chi connectivity index (χ1v) is 9.94. The molecular formula is C22H28O8. The Labute approximate surface area is 175 Å². The Balaban J connectivity index is 2.13. The summed E-state index contributed by atoms with van der Waals surface area (Å²) in [5, 5.41) is 11.7. The Kier molecular flexibility index (Phi) is 5.68. The first-order chi connectivity index (χ1) is 13.9. The minimum absolute atomic E-state index is 0.269. The minimum Gasteiger partial charge on any atom is -0.454 e. The fourth-order valence-electron chi connectivity index (χ4n) is 3.83. The van der Waals surface area contributed by atoms with Gasteiger partial charge in [-0.1, -0.05) is 18.2 Å². The first-order valence-electron chi connectivity index (χ1n) is 9.94. The number of aliphatic hydroxyl groups is 1. The minimum atomic E-state index is -2.13. The van der Waals surface area contributed by atoms with Gasteiger partial charge in [0.1, 0.15) is 0 Å². The molecule has 3 rings (SSSR count). The SMILES string of the molecule is C=C1C(=O)OC2C=C(C)CCC=C(C)C(OC(C)=O)C(OC(=O)C3(C)OC3C)C12O. The van der Waals surface area contributed by atoms with Crippen LogP contribution in [0.3, 0.4) is 0 Å². The summed E-state index contributed by atoms with van der Waals surface area (Å²) in [7, 11) is 0. The average Bonchev–Trinajstić information content (AvgIpc) is 3.22. The molecule has 8 heteroatoms. The predicted octanol–water partition coefficient (Wildman–Crippen LogP) is 1.91. The van der Waals surface area contributed by atoms with Gasteiger partial charge in [0, 0.05) is 6.92 Å². The molecule has 0 saturated carbocycles. The monoisotopic (exact) mass is 420 g/mol. The highest BCUT2D eigenvalue weighted by Crippen LogP contribution is 2.43. The van der Waals surface area contributed by atoms with E-state index >= 15 is 0 Å². The smallest absolute Gasteiger partial charge is 0.341 e. The number of epoxide rings is 1. The molecule has 30 heavy (non-hydrogen) atoms. The molecule has 0 aromatic carbocycles. The predicted molar refractivity (Wildman–Crippen MR) is 105 cm³/mol. The normalized spacial score (nSPS) is 38.6. The number of esters is 3. The summed E-state index contributed by atoms with van der Waals surface area (Å²) in [6, 6.07) is 0. The van der Waals surface area contributed by atoms with Crippen molar-refractivity contribution in [2.24, 2.45) is 0 Å². The van der Waals surface area contributed by atoms with Crippen molar-refractivity contribution in [3.8, 4) is 0 Å². The summed E-state index contributed by atoms with van der Waals surface area (Å²) in [5.74, 6) is -2.17. The Morgan fingerprint density at radius 2 is 1.93 bits per heavy atom. The Bertz CT molecular complexity index is 855. The third-order valence-electron chi connectivity index (χ3n) is 6.07. The van der Waals surface area contributed by atoms with Gasteiger partial charge >= 0.3 is 17.9 Å². The Morgan fingerprint density at radius 1 is 1.30 bits per heavy atom. The maximum absolute atomic E-state index is 12.9. The molecular weight excluding hydrogens is 392 g/mol. The van der Waals surface area contributed by atoms with Crippen LogP contribution in [0.15, 0.2) is 35.5 Å². The molecule has 0 amide bonds. The summed E-state index contributed by atoms with van der Waals surface area (Å²) in [6.07, 6.45) is 0.621. The fourth-order valence-corrected chi connectivity index (χ4v) is 3.83. The maximum atomic E-state index is 12.9. The van der Waals surface area contributed by atoms with Crippen molar-refractivity contribution < 1.29 is 38.4 Å². The highest BCUT2D eigenvalue weighted by molar-refractivity contribution is 5.94. The second-order valence-electron chi connectivity index (χ2n) is 8.35. The van der Waals surface area contributed by atoms with E-state index < -0.39 is 47.4 Å². The van der Waals surface area contributed by atoms with E-state index in [0.29, 0.717) is 18.4 Å². The van der Waals surface area contributed by atoms with E-state index in [1.165, 1.54) is 6.92 Å². The van der Waals surface area contributed by atoms with Gasteiger partial charge in [0.2, 0.25) is 0 Å². The van der Waals surface area contributed by atoms with E-state index in [2.05, 4.69) is 6.58 Å². The van der Waals surface area contributed by atoms with Gasteiger partial charge in [-0.2, -0.15) is 0 Å². The quantitative estimate of drug-likeness (QED) is 0.242. The van der Waals surface area contributed by atoms with Gasteiger partial charge < -0.3 is 24.1 Å². The van der Waals surface area contributed by atoms with Gasteiger partial charge in [0.15, 0.2) is 29.5 Å². The molecule has 3 aliphatic rings. The molecule has 0 radical (unpaired) electrons. The number of hydrogen-bond acceptors (Lipinski definition) is 8. The summed E-state index contributed by atoms with van der Waals surface area (Å²) < 4.78 is 21.9. The number of allylic oxidation sites excluding steroid dienone is 2. The van der Waals surface area contributed by atoms with E-state index in [4.69, 9.17) is 18.9 Å². The van der Waals surface area contributed by atoms with Crippen LogP contribution in [0.25, 0.3) is 0 Å². The van der Waals surface area contributed by atoms with Gasteiger partial charge in [-0.05, 0) is 52.2 Å². The van der Waals surface area contributed by atoms with Crippen molar-refractivity contribution >= 4 is 17.9 Å². The summed E-state index contributed by atoms with van der Waals surface area (Å²) in [5.41, 5.74) is -2.13. The van der Waals surface area contributed by atoms with Crippen LogP contribution in [-0.2, 0) is 33.3 Å². The van der Waals surface area contributed by atoms with Crippen LogP contribution >= 0.6 is 0 Å². The molecule has 164 valence electrons. The molecule has 0 aromatic heterocycles. The van der Waals surface area contributed by atoms with Crippen LogP contribution in [-0.4, -0.2) is 58.6 Å². The van der Waals surface area contributed by atoms with Gasteiger partial charge in [-0.25, -0.2) is 9.59 Å². The lowest BCUT2D eigenvalue weighted by Gasteiger charge is -2.39. The van der Waals surface area contributed by atoms with Crippen molar-refractivity contribution in [2.75, 3.05) is 0 Å². The Morgan fingerprint density at radius 3 is 2.50 bits per heavy atom. The lowest BCUT2D eigenvalue weighted by Crippen LogP contribution is -2.58. The van der Waals surface area contributed by atoms with Gasteiger partial charge in [0.05, 0.1) is 11.7 Å². The largest absolute Gasteiger partial charge is 0.454 e. The zero-order valence-electron chi connectivity index (χ0n) is 17.9. The fraction of sp³-hybridized carbons (Fsp3) is 0.591. The average molecular weight is 420 g/mol. The van der Waals surface area contributed by atoms with Gasteiger partial charge in [-0.15, -0.1) is 0 Å². The number of carbonyl (C=O) groups is 3. The molecule has 6 unspecified atom stereocenters. The van der Waals surface area contributed by atoms with Crippen molar-refractivity contribution in [2.45, 2.75) is 83.1 Å². The molecule has 0 aromatic rings. The van der Waals surface area contributed by atoms with Crippen LogP contribution in [0.4, 0.5) is 0 Å². The van der Waals surface area contributed by atoms with Crippen molar-refractivity contribution in [3.63, 3.8) is 0 Å². The molecule has 2 aliphatic heterocycles. The maximum Gasteiger partial charge on any atom is 0.341 e. The van der Waals surface area contributed by atoms with E-state index in [9.17, 15) is 19.5 Å². The molecule has 0 bridgehead atoms. The van der Waals surface area contributed by atoms with Crippen LogP contribution < -0.4 is 0 Å². The van der Waals surface area contributed by atoms with Crippen LogP contribution in [0.5, 0.6) is 0 Å². The highest BCUT2D eigenvalue weighted by Gasteiger charge is 2.64. The first kappa shape index (κ1) is 22.2. The van der Waals surface area contributed by atoms with Crippen LogP contribution in [0.1, 0.15) is 47.5 Å². The number of ether oxygens (including phenoxy) is 4. The van der Waals surface area contributed by atoms with E-state index in [0.717, 1.165) is 5.57 Å². The van der Waals surface area contributed by atoms with Crippen molar-refractivity contribution in [3.05, 3.63) is 35.5 Å². The standard InChI is InChI=1S/C22H28O8/c1-11-8-7-9-12(2)17(27-15(5)23)18(29-20(25)21(6)14(4)30-21)22(26)13(3)19(24)28-16(22)10-11/h9-10,14,16-18,26H,3,7-8H2,1-2,4-6H3. The molecule has 2 fully saturated rings. The lowest BCUT2D eigenvalue weighted by molar-refractivity contribution is -0.190. The molecule has 8 nitrogen and oxygen atoms in total. The topological polar surface area (TPSA) is 112 Å². The van der Waals surface area contributed by atoms with E-state index in [-0.39, 0.29) is 11.7 Å². The summed E-state index contributed by atoms with van der Waals surface area (Å²) in [4.78, 5) is 37.1. The summed E-state index contributed by atoms with van der Waals surface area (Å²) in [6.45, 7) is 11.8. The third kappa shape index (κ3) is 3.70. The van der Waals surface area contributed by atoms with E-state index in [1.54, 1.807) is 26.8 Å². The zero-order valence-corrected chi connectivity index (χ0v) is 17.9. The van der Waals surface area contributed by atoms with E-state index in [1.807, 2.05) is 13.0 Å². The number of fused-ring (bicyclic) bond motifs is 1. The highest BCUT2D eigenvalue weighted by atomic mass is 16.7.